The lowest BCUT2D eigenvalue weighted by Crippen LogP contribution is -2.37. The first-order valence-electron chi connectivity index (χ1n) is 7.60. The Morgan fingerprint density at radius 2 is 2.33 bits per heavy atom. The van der Waals surface area contributed by atoms with Crippen LogP contribution in [-0.2, 0) is 11.2 Å². The van der Waals surface area contributed by atoms with Gasteiger partial charge in [0.2, 0.25) is 0 Å². The largest absolute Gasteiger partial charge is 0.444 e. The Kier molecular flexibility index (Phi) is 5.27. The molecule has 5 heteroatoms. The second-order valence-electron chi connectivity index (χ2n) is 6.81. The molecule has 2 N–H and O–H groups in total. The van der Waals surface area contributed by atoms with Crippen molar-refractivity contribution in [3.05, 3.63) is 22.4 Å². The summed E-state index contributed by atoms with van der Waals surface area (Å²) in [6.45, 7) is 7.16. The van der Waals surface area contributed by atoms with Gasteiger partial charge in [-0.15, -0.1) is 0 Å². The maximum atomic E-state index is 12.0. The minimum Gasteiger partial charge on any atom is -0.444 e. The number of nitrogens with two attached hydrogens (primary N) is 1. The Labute approximate surface area is 131 Å². The molecule has 1 aliphatic heterocycles. The average molecular weight is 310 g/mol. The molecular formula is C16H26N2O2S. The van der Waals surface area contributed by atoms with Gasteiger partial charge in [0.25, 0.3) is 0 Å². The second kappa shape index (κ2) is 6.79. The van der Waals surface area contributed by atoms with Crippen LogP contribution in [0.2, 0.25) is 0 Å². The van der Waals surface area contributed by atoms with Gasteiger partial charge < -0.3 is 15.4 Å². The van der Waals surface area contributed by atoms with Crippen molar-refractivity contribution in [2.75, 3.05) is 13.1 Å². The first kappa shape index (κ1) is 16.3. The molecule has 21 heavy (non-hydrogen) atoms. The van der Waals surface area contributed by atoms with Crippen LogP contribution in [0.1, 0.15) is 39.2 Å². The van der Waals surface area contributed by atoms with Crippen LogP contribution < -0.4 is 5.73 Å². The van der Waals surface area contributed by atoms with Crippen LogP contribution in [0.4, 0.5) is 4.79 Å². The van der Waals surface area contributed by atoms with E-state index in [2.05, 4.69) is 16.8 Å². The van der Waals surface area contributed by atoms with E-state index in [4.69, 9.17) is 10.5 Å². The molecule has 0 saturated carbocycles. The minimum absolute atomic E-state index is 0.150. The van der Waals surface area contributed by atoms with Gasteiger partial charge in [0.15, 0.2) is 0 Å². The molecule has 1 fully saturated rings. The van der Waals surface area contributed by atoms with Crippen LogP contribution in [0.15, 0.2) is 16.8 Å². The lowest BCUT2D eigenvalue weighted by molar-refractivity contribution is 0.0286. The zero-order valence-electron chi connectivity index (χ0n) is 13.2. The van der Waals surface area contributed by atoms with Gasteiger partial charge in [0.1, 0.15) is 5.60 Å². The number of thiophene rings is 1. The van der Waals surface area contributed by atoms with Crippen molar-refractivity contribution in [1.29, 1.82) is 0 Å². The van der Waals surface area contributed by atoms with E-state index in [1.165, 1.54) is 5.56 Å². The van der Waals surface area contributed by atoms with E-state index in [1.807, 2.05) is 20.8 Å². The van der Waals surface area contributed by atoms with Crippen molar-refractivity contribution in [3.8, 4) is 0 Å². The summed E-state index contributed by atoms with van der Waals surface area (Å²) in [4.78, 5) is 13.8. The van der Waals surface area contributed by atoms with E-state index in [0.717, 1.165) is 32.4 Å². The van der Waals surface area contributed by atoms with Crippen molar-refractivity contribution >= 4 is 17.4 Å². The van der Waals surface area contributed by atoms with E-state index < -0.39 is 5.60 Å². The highest BCUT2D eigenvalue weighted by Crippen LogP contribution is 2.23. The molecule has 0 aliphatic carbocycles. The monoisotopic (exact) mass is 310 g/mol. The van der Waals surface area contributed by atoms with E-state index in [-0.39, 0.29) is 12.1 Å². The van der Waals surface area contributed by atoms with E-state index in [1.54, 1.807) is 16.2 Å². The molecule has 4 nitrogen and oxygen atoms in total. The summed E-state index contributed by atoms with van der Waals surface area (Å²) < 4.78 is 5.42. The number of nitrogens with zero attached hydrogens (tertiary/aromatic N) is 1. The fourth-order valence-corrected chi connectivity index (χ4v) is 3.34. The number of hydrogen-bond acceptors (Lipinski definition) is 4. The average Bonchev–Trinajstić information content (AvgIpc) is 3.05. The Balaban J connectivity index is 1.77. The topological polar surface area (TPSA) is 55.6 Å². The Hall–Kier alpha value is -1.07. The molecule has 1 aromatic heterocycles. The summed E-state index contributed by atoms with van der Waals surface area (Å²) in [5.41, 5.74) is 7.23. The standard InChI is InChI=1S/C16H26N2O2S/c1-16(2,3)20-15(19)18-8-6-13(10-18)14(17)5-4-12-7-9-21-11-12/h7,9,11,13-14H,4-6,8,10,17H2,1-3H3. The molecule has 0 bridgehead atoms. The number of rotatable bonds is 4. The molecule has 1 aliphatic rings. The SMILES string of the molecule is CC(C)(C)OC(=O)N1CCC(C(N)CCc2ccsc2)C1. The Morgan fingerprint density at radius 1 is 1.57 bits per heavy atom. The zero-order chi connectivity index (χ0) is 15.5. The molecule has 1 saturated heterocycles. The summed E-state index contributed by atoms with van der Waals surface area (Å²) in [7, 11) is 0. The van der Waals surface area contributed by atoms with Crippen LogP contribution in [0, 0.1) is 5.92 Å². The minimum atomic E-state index is -0.434. The molecule has 0 aromatic carbocycles. The highest BCUT2D eigenvalue weighted by atomic mass is 32.1. The van der Waals surface area contributed by atoms with Crippen molar-refractivity contribution in [1.82, 2.24) is 4.90 Å². The van der Waals surface area contributed by atoms with Crippen molar-refractivity contribution in [3.63, 3.8) is 0 Å². The van der Waals surface area contributed by atoms with Crippen molar-refractivity contribution in [2.45, 2.75) is 51.7 Å². The Morgan fingerprint density at radius 3 is 2.95 bits per heavy atom. The van der Waals surface area contributed by atoms with E-state index in [0.29, 0.717) is 5.92 Å². The number of likely N-dealkylation sites (tertiary alicyclic amines) is 1. The van der Waals surface area contributed by atoms with Crippen LogP contribution in [0.3, 0.4) is 0 Å². The first-order chi connectivity index (χ1) is 9.85. The first-order valence-corrected chi connectivity index (χ1v) is 8.54. The molecule has 0 spiro atoms. The molecule has 2 rings (SSSR count). The van der Waals surface area contributed by atoms with E-state index >= 15 is 0 Å². The van der Waals surface area contributed by atoms with Crippen LogP contribution in [-0.4, -0.2) is 35.7 Å². The summed E-state index contributed by atoms with van der Waals surface area (Å²) in [5, 5.41) is 4.27. The third-order valence-electron chi connectivity index (χ3n) is 3.83. The van der Waals surface area contributed by atoms with Gasteiger partial charge in [-0.1, -0.05) is 0 Å². The predicted molar refractivity (Wildman–Crippen MR) is 86.5 cm³/mol. The highest BCUT2D eigenvalue weighted by Gasteiger charge is 2.32. The predicted octanol–water partition coefficient (Wildman–Crippen LogP) is 3.27. The summed E-state index contributed by atoms with van der Waals surface area (Å²) in [5.74, 6) is 0.385. The number of amides is 1. The highest BCUT2D eigenvalue weighted by molar-refractivity contribution is 7.07. The number of carbonyl (C=O) groups is 1. The van der Waals surface area contributed by atoms with Gasteiger partial charge in [0, 0.05) is 19.1 Å². The second-order valence-corrected chi connectivity index (χ2v) is 7.59. The molecule has 0 radical (unpaired) electrons. The number of carbonyl (C=O) groups excluding carboxylic acids is 1. The van der Waals surface area contributed by atoms with Crippen molar-refractivity contribution < 1.29 is 9.53 Å². The smallest absolute Gasteiger partial charge is 0.410 e. The number of ether oxygens (including phenoxy) is 1. The molecule has 118 valence electrons. The normalized spacial score (nSPS) is 20.6. The van der Waals surface area contributed by atoms with Gasteiger partial charge in [-0.3, -0.25) is 0 Å². The molecular weight excluding hydrogens is 284 g/mol. The lowest BCUT2D eigenvalue weighted by Gasteiger charge is -2.25. The third-order valence-corrected chi connectivity index (χ3v) is 4.56. The van der Waals surface area contributed by atoms with Crippen LogP contribution in [0.25, 0.3) is 0 Å². The molecule has 2 heterocycles. The van der Waals surface area contributed by atoms with Crippen molar-refractivity contribution in [2.24, 2.45) is 11.7 Å². The van der Waals surface area contributed by atoms with Gasteiger partial charge in [-0.25, -0.2) is 4.79 Å². The molecule has 1 amide bonds. The van der Waals surface area contributed by atoms with Gasteiger partial charge in [-0.2, -0.15) is 11.3 Å². The number of hydrogen-bond donors (Lipinski definition) is 1. The quantitative estimate of drug-likeness (QED) is 0.928. The van der Waals surface area contributed by atoms with Gasteiger partial charge in [-0.05, 0) is 68.3 Å². The van der Waals surface area contributed by atoms with E-state index in [9.17, 15) is 4.79 Å². The lowest BCUT2D eigenvalue weighted by atomic mass is 9.94. The molecule has 2 unspecified atom stereocenters. The fraction of sp³-hybridized carbons (Fsp3) is 0.688. The third kappa shape index (κ3) is 5.00. The summed E-state index contributed by atoms with van der Waals surface area (Å²) in [6.07, 6.45) is 2.76. The molecule has 2 atom stereocenters. The van der Waals surface area contributed by atoms with Gasteiger partial charge in [0.05, 0.1) is 0 Å². The zero-order valence-corrected chi connectivity index (χ0v) is 14.0. The van der Waals surface area contributed by atoms with Crippen LogP contribution >= 0.6 is 11.3 Å². The Bertz CT molecular complexity index is 453. The number of aryl methyl sites for hydroxylation is 1. The maximum absolute atomic E-state index is 12.0. The maximum Gasteiger partial charge on any atom is 0.410 e. The summed E-state index contributed by atoms with van der Waals surface area (Å²) >= 11 is 1.72. The molecule has 1 aromatic rings. The van der Waals surface area contributed by atoms with Gasteiger partial charge >= 0.3 is 6.09 Å². The van der Waals surface area contributed by atoms with Crippen LogP contribution in [0.5, 0.6) is 0 Å². The fourth-order valence-electron chi connectivity index (χ4n) is 2.63. The summed E-state index contributed by atoms with van der Waals surface area (Å²) in [6, 6.07) is 2.30.